The van der Waals surface area contributed by atoms with Gasteiger partial charge in [0.1, 0.15) is 29.0 Å². The van der Waals surface area contributed by atoms with Crippen LogP contribution in [-0.4, -0.2) is 110 Å². The maximum Gasteiger partial charge on any atom is 0.408 e. The molecule has 5 N–H and O–H groups in total. The van der Waals surface area contributed by atoms with Crippen LogP contribution in [0.15, 0.2) is 133 Å². The van der Waals surface area contributed by atoms with Crippen LogP contribution >= 0.6 is 0 Å². The summed E-state index contributed by atoms with van der Waals surface area (Å²) >= 11 is 0. The van der Waals surface area contributed by atoms with Crippen molar-refractivity contribution in [2.24, 2.45) is 16.7 Å². The minimum Gasteiger partial charge on any atom is -0.456 e. The number of carbonyl (C=O) groups is 5. The molecule has 1 heterocycles. The van der Waals surface area contributed by atoms with E-state index >= 15 is 4.79 Å². The summed E-state index contributed by atoms with van der Waals surface area (Å²) < 4.78 is 30.0. The number of carbonyl (C=O) groups excluding carboxylic acids is 5. The van der Waals surface area contributed by atoms with E-state index in [1.807, 2.05) is 18.2 Å². The molecule has 11 atom stereocenters. The SMILES string of the molecule is CC/C=C\C/C=C\C/C=C\C/C=C\C/C=C\CCC(=O)OC1C(=O)C2(C)C(O)CC3OCC3(O)C2C(OC(=O)c2ccccc2)C2(O)CC(OC(=O)C(O)C(NC(=O)OC(C)(C)C)c3ccccc3)C(C)=C1C2(C)C.[Ac]. The number of benzene rings is 2. The first-order valence-electron chi connectivity index (χ1n) is 26.1. The Morgan fingerprint density at radius 1 is 0.816 bits per heavy atom. The maximum absolute atomic E-state index is 15.8. The van der Waals surface area contributed by atoms with Crippen LogP contribution in [0.25, 0.3) is 0 Å². The molecular formula is C60H77AcNO14. The molecule has 76 heavy (non-hydrogen) atoms. The van der Waals surface area contributed by atoms with Gasteiger partial charge in [0.25, 0.3) is 0 Å². The third-order valence-corrected chi connectivity index (χ3v) is 15.2. The maximum atomic E-state index is 15.8. The molecule has 0 aromatic heterocycles. The quantitative estimate of drug-likeness (QED) is 0.0475. The van der Waals surface area contributed by atoms with E-state index in [1.54, 1.807) is 90.1 Å². The molecule has 3 aliphatic carbocycles. The van der Waals surface area contributed by atoms with Gasteiger partial charge in [0.15, 0.2) is 18.0 Å². The molecule has 15 nitrogen and oxygen atoms in total. The summed E-state index contributed by atoms with van der Waals surface area (Å²) in [5, 5.41) is 53.1. The number of aliphatic hydroxyl groups is 4. The Kier molecular flexibility index (Phi) is 22.0. The summed E-state index contributed by atoms with van der Waals surface area (Å²) in [6, 6.07) is 14.7. The van der Waals surface area contributed by atoms with Gasteiger partial charge in [0.05, 0.1) is 35.8 Å². The predicted octanol–water partition coefficient (Wildman–Crippen LogP) is 8.77. The minimum atomic E-state index is -2.39. The fraction of sp³-hybridized carbons (Fsp3) is 0.517. The number of hydrogen-bond acceptors (Lipinski definition) is 14. The van der Waals surface area contributed by atoms with Gasteiger partial charge in [-0.1, -0.05) is 130 Å². The van der Waals surface area contributed by atoms with E-state index < -0.39 is 112 Å². The van der Waals surface area contributed by atoms with Gasteiger partial charge in [-0.05, 0) is 102 Å². The molecule has 409 valence electrons. The molecule has 4 aliphatic rings. The molecule has 3 fully saturated rings. The van der Waals surface area contributed by atoms with Crippen LogP contribution in [0.5, 0.6) is 0 Å². The van der Waals surface area contributed by atoms with Crippen LogP contribution in [0.3, 0.4) is 0 Å². The first-order chi connectivity index (χ1) is 35.5. The Morgan fingerprint density at radius 3 is 1.91 bits per heavy atom. The Morgan fingerprint density at radius 2 is 1.37 bits per heavy atom. The number of nitrogens with one attached hydrogen (secondary N) is 1. The number of alkyl carbamates (subject to hydrolysis) is 1. The van der Waals surface area contributed by atoms with Crippen molar-refractivity contribution in [2.45, 2.75) is 173 Å². The fourth-order valence-corrected chi connectivity index (χ4v) is 11.0. The molecule has 16 heteroatoms. The van der Waals surface area contributed by atoms with Crippen molar-refractivity contribution in [3.63, 3.8) is 0 Å². The largest absolute Gasteiger partial charge is 0.456 e. The van der Waals surface area contributed by atoms with Gasteiger partial charge in [0.2, 0.25) is 0 Å². The Balaban J connectivity index is 0.0000107. The van der Waals surface area contributed by atoms with Crippen molar-refractivity contribution in [2.75, 3.05) is 6.61 Å². The zero-order valence-corrected chi connectivity index (χ0v) is 49.9. The zero-order chi connectivity index (χ0) is 54.8. The molecule has 1 aliphatic heterocycles. The van der Waals surface area contributed by atoms with Crippen molar-refractivity contribution in [3.8, 4) is 0 Å². The van der Waals surface area contributed by atoms with Crippen molar-refractivity contribution in [3.05, 3.63) is 144 Å². The number of ether oxygens (including phenoxy) is 5. The third kappa shape index (κ3) is 14.0. The van der Waals surface area contributed by atoms with Gasteiger partial charge in [-0.2, -0.15) is 0 Å². The normalized spacial score (nSPS) is 28.9. The molecule has 1 radical (unpaired) electrons. The number of aliphatic hydroxyl groups excluding tert-OH is 2. The van der Waals surface area contributed by atoms with E-state index in [9.17, 15) is 39.6 Å². The average molecular weight is 1260 g/mol. The van der Waals surface area contributed by atoms with Crippen LogP contribution in [0, 0.1) is 60.8 Å². The van der Waals surface area contributed by atoms with Crippen LogP contribution in [-0.2, 0) is 38.1 Å². The summed E-state index contributed by atoms with van der Waals surface area (Å²) in [6.07, 6.45) is 13.3. The molecule has 1 amide bonds. The molecular weight excluding hydrogens is 1190 g/mol. The molecule has 11 unspecified atom stereocenters. The number of Topliss-reactive ketones (excluding diaryl/α,β-unsaturated/α-hetero) is 1. The van der Waals surface area contributed by atoms with Crippen molar-refractivity contribution < 1.29 is 112 Å². The number of allylic oxidation sites excluding steroid dienone is 10. The van der Waals surface area contributed by atoms with Gasteiger partial charge in [0, 0.05) is 74.7 Å². The monoisotopic (exact) mass is 1260 g/mol. The van der Waals surface area contributed by atoms with Gasteiger partial charge >= 0.3 is 24.0 Å². The summed E-state index contributed by atoms with van der Waals surface area (Å²) in [4.78, 5) is 71.8. The van der Waals surface area contributed by atoms with E-state index in [2.05, 4.69) is 54.8 Å². The smallest absolute Gasteiger partial charge is 0.408 e. The second kappa shape index (κ2) is 26.9. The zero-order valence-electron chi connectivity index (χ0n) is 45.2. The average Bonchev–Trinajstić information content (AvgIpc) is 3.36. The van der Waals surface area contributed by atoms with Gasteiger partial charge in [-0.15, -0.1) is 0 Å². The Bertz CT molecular complexity index is 2530. The standard InChI is InChI=1S/C60H77NO14.Ac/c1-9-10-11-12-13-14-15-16-17-18-19-20-21-22-23-30-35-45(63)73-49-46-39(2)42(72-54(67)48(64)47(40-31-26-24-27-32-40)61-55(68)75-56(3,4)5)37-60(70,57(46,6)7)52(74-53(66)41-33-28-25-29-34-41)50-58(8,51(49)65)43(62)36-44-59(50,69)38-71-44;/h10-11,13-14,16-17,19-20,22-29,31-34,42-44,47-50,52,62,64,69-70H,9,12,15,18,21,30,35-38H2,1-8H3,(H,61,68);/b11-10-,14-13-,17-16-,20-19-,23-22-;. The molecule has 0 spiro atoms. The second-order valence-electron chi connectivity index (χ2n) is 21.7. The Hall–Kier alpha value is -4.53. The first kappa shape index (κ1) is 62.3. The molecule has 2 saturated carbocycles. The number of esters is 3. The molecule has 2 bridgehead atoms. The Labute approximate surface area is 483 Å². The van der Waals surface area contributed by atoms with E-state index in [-0.39, 0.29) is 86.6 Å². The van der Waals surface area contributed by atoms with E-state index in [1.165, 1.54) is 19.1 Å². The second-order valence-corrected chi connectivity index (χ2v) is 21.7. The number of fused-ring (bicyclic) bond motifs is 5. The molecule has 6 rings (SSSR count). The van der Waals surface area contributed by atoms with Crippen molar-refractivity contribution in [1.82, 2.24) is 5.32 Å². The summed E-state index contributed by atoms with van der Waals surface area (Å²) in [5.74, 6) is -5.40. The topological polar surface area (TPSA) is 224 Å². The first-order valence-corrected chi connectivity index (χ1v) is 26.1. The summed E-state index contributed by atoms with van der Waals surface area (Å²) in [7, 11) is 0. The molecule has 2 aromatic rings. The summed E-state index contributed by atoms with van der Waals surface area (Å²) in [6.45, 7) is 12.9. The summed E-state index contributed by atoms with van der Waals surface area (Å²) in [5.41, 5.74) is -8.46. The number of amides is 1. The molecule has 2 aromatic carbocycles. The third-order valence-electron chi connectivity index (χ3n) is 15.2. The van der Waals surface area contributed by atoms with Crippen molar-refractivity contribution >= 4 is 29.8 Å². The van der Waals surface area contributed by atoms with Crippen LogP contribution in [0.2, 0.25) is 0 Å². The number of hydrogen-bond donors (Lipinski definition) is 5. The number of ketones is 1. The van der Waals surface area contributed by atoms with E-state index in [0.29, 0.717) is 12.0 Å². The van der Waals surface area contributed by atoms with Crippen LogP contribution in [0.4, 0.5) is 4.79 Å². The van der Waals surface area contributed by atoms with Gasteiger partial charge < -0.3 is 49.4 Å². The van der Waals surface area contributed by atoms with E-state index in [4.69, 9.17) is 23.7 Å². The predicted molar refractivity (Wildman–Crippen MR) is 282 cm³/mol. The molecule has 1 saturated heterocycles. The van der Waals surface area contributed by atoms with Crippen LogP contribution in [0.1, 0.15) is 135 Å². The minimum absolute atomic E-state index is 0. The van der Waals surface area contributed by atoms with Gasteiger partial charge in [-0.25, -0.2) is 14.4 Å². The van der Waals surface area contributed by atoms with Crippen molar-refractivity contribution in [1.29, 1.82) is 0 Å². The number of rotatable bonds is 20. The van der Waals surface area contributed by atoms with Gasteiger partial charge in [-0.3, -0.25) is 9.59 Å². The fourth-order valence-electron chi connectivity index (χ4n) is 11.0. The van der Waals surface area contributed by atoms with Crippen LogP contribution < -0.4 is 5.32 Å². The van der Waals surface area contributed by atoms with E-state index in [0.717, 1.165) is 25.7 Å².